The van der Waals surface area contributed by atoms with Gasteiger partial charge in [-0.25, -0.2) is 0 Å². The van der Waals surface area contributed by atoms with Crippen LogP contribution in [0.4, 0.5) is 0 Å². The van der Waals surface area contributed by atoms with Gasteiger partial charge in [0.1, 0.15) is 0 Å². The summed E-state index contributed by atoms with van der Waals surface area (Å²) in [6.07, 6.45) is 4.18. The Morgan fingerprint density at radius 1 is 1.25 bits per heavy atom. The molecule has 0 aromatic rings. The van der Waals surface area contributed by atoms with Crippen LogP contribution in [0, 0.1) is 0 Å². The van der Waals surface area contributed by atoms with Gasteiger partial charge in [0, 0.05) is 13.2 Å². The summed E-state index contributed by atoms with van der Waals surface area (Å²) in [5, 5.41) is 0. The second kappa shape index (κ2) is 5.55. The SMILES string of the molecule is CCCC(N)C(CC)(CC)OC. The molecule has 0 saturated heterocycles. The van der Waals surface area contributed by atoms with Gasteiger partial charge in [-0.2, -0.15) is 0 Å². The second-order valence-corrected chi connectivity index (χ2v) is 3.37. The van der Waals surface area contributed by atoms with Gasteiger partial charge in [0.2, 0.25) is 0 Å². The Balaban J connectivity index is 4.24. The molecule has 0 spiro atoms. The van der Waals surface area contributed by atoms with Crippen LogP contribution in [0.1, 0.15) is 46.5 Å². The summed E-state index contributed by atoms with van der Waals surface area (Å²) in [4.78, 5) is 0. The predicted molar refractivity (Wildman–Crippen MR) is 53.2 cm³/mol. The molecule has 0 amide bonds. The van der Waals surface area contributed by atoms with Crippen molar-refractivity contribution in [3.63, 3.8) is 0 Å². The van der Waals surface area contributed by atoms with Gasteiger partial charge in [-0.1, -0.05) is 27.2 Å². The smallest absolute Gasteiger partial charge is 0.0823 e. The lowest BCUT2D eigenvalue weighted by Gasteiger charge is -2.36. The molecule has 0 aromatic carbocycles. The molecule has 0 heterocycles. The number of hydrogen-bond acceptors (Lipinski definition) is 2. The summed E-state index contributed by atoms with van der Waals surface area (Å²) >= 11 is 0. The number of methoxy groups -OCH3 is 1. The largest absolute Gasteiger partial charge is 0.377 e. The van der Waals surface area contributed by atoms with Gasteiger partial charge >= 0.3 is 0 Å². The van der Waals surface area contributed by atoms with Crippen molar-refractivity contribution in [1.29, 1.82) is 0 Å². The molecule has 0 rings (SSSR count). The molecule has 1 atom stereocenters. The van der Waals surface area contributed by atoms with E-state index in [1.54, 1.807) is 7.11 Å². The van der Waals surface area contributed by atoms with Crippen LogP contribution in [0.2, 0.25) is 0 Å². The van der Waals surface area contributed by atoms with Crippen molar-refractivity contribution in [2.75, 3.05) is 7.11 Å². The fourth-order valence-corrected chi connectivity index (χ4v) is 1.79. The first-order chi connectivity index (χ1) is 5.66. The minimum atomic E-state index is -0.0873. The van der Waals surface area contributed by atoms with Crippen molar-refractivity contribution >= 4 is 0 Å². The third-order valence-electron chi connectivity index (χ3n) is 2.88. The molecule has 0 aliphatic heterocycles. The van der Waals surface area contributed by atoms with Gasteiger partial charge in [-0.15, -0.1) is 0 Å². The van der Waals surface area contributed by atoms with Crippen LogP contribution in [-0.4, -0.2) is 18.8 Å². The number of rotatable bonds is 6. The van der Waals surface area contributed by atoms with Crippen LogP contribution in [-0.2, 0) is 4.74 Å². The highest BCUT2D eigenvalue weighted by molar-refractivity contribution is 4.88. The van der Waals surface area contributed by atoms with E-state index < -0.39 is 0 Å². The molecule has 0 aliphatic rings. The summed E-state index contributed by atoms with van der Waals surface area (Å²) in [7, 11) is 1.77. The topological polar surface area (TPSA) is 35.2 Å². The zero-order valence-electron chi connectivity index (χ0n) is 8.89. The third-order valence-corrected chi connectivity index (χ3v) is 2.88. The first-order valence-corrected chi connectivity index (χ1v) is 4.97. The number of nitrogens with two attached hydrogens (primary N) is 1. The first kappa shape index (κ1) is 11.9. The monoisotopic (exact) mass is 173 g/mol. The van der Waals surface area contributed by atoms with E-state index in [4.69, 9.17) is 10.5 Å². The normalized spacial score (nSPS) is 14.8. The van der Waals surface area contributed by atoms with Crippen LogP contribution < -0.4 is 5.73 Å². The van der Waals surface area contributed by atoms with Gasteiger partial charge < -0.3 is 10.5 Å². The van der Waals surface area contributed by atoms with E-state index in [1.165, 1.54) is 0 Å². The van der Waals surface area contributed by atoms with E-state index in [-0.39, 0.29) is 11.6 Å². The fraction of sp³-hybridized carbons (Fsp3) is 1.00. The van der Waals surface area contributed by atoms with Crippen LogP contribution >= 0.6 is 0 Å². The average molecular weight is 173 g/mol. The van der Waals surface area contributed by atoms with Gasteiger partial charge in [-0.05, 0) is 19.3 Å². The highest BCUT2D eigenvalue weighted by Crippen LogP contribution is 2.25. The van der Waals surface area contributed by atoms with Gasteiger partial charge in [0.25, 0.3) is 0 Å². The molecule has 0 saturated carbocycles. The van der Waals surface area contributed by atoms with Crippen molar-refractivity contribution in [2.24, 2.45) is 5.73 Å². The molecule has 2 heteroatoms. The molecule has 1 unspecified atom stereocenters. The number of ether oxygens (including phenoxy) is 1. The van der Waals surface area contributed by atoms with Crippen molar-refractivity contribution in [3.8, 4) is 0 Å². The standard InChI is InChI=1S/C10H23NO/c1-5-8-9(11)10(6-2,7-3)12-4/h9H,5-8,11H2,1-4H3. The molecule has 2 N–H and O–H groups in total. The van der Waals surface area contributed by atoms with Crippen molar-refractivity contribution in [1.82, 2.24) is 0 Å². The molecule has 0 aromatic heterocycles. The van der Waals surface area contributed by atoms with Crippen LogP contribution in [0.5, 0.6) is 0 Å². The summed E-state index contributed by atoms with van der Waals surface area (Å²) in [6.45, 7) is 6.44. The lowest BCUT2D eigenvalue weighted by atomic mass is 9.86. The molecular weight excluding hydrogens is 150 g/mol. The van der Waals surface area contributed by atoms with Crippen molar-refractivity contribution in [2.45, 2.75) is 58.1 Å². The Labute approximate surface area is 76.5 Å². The molecule has 0 bridgehead atoms. The second-order valence-electron chi connectivity index (χ2n) is 3.37. The summed E-state index contributed by atoms with van der Waals surface area (Å²) < 4.78 is 5.53. The Kier molecular flexibility index (Phi) is 5.51. The average Bonchev–Trinajstić information content (AvgIpc) is 2.09. The Morgan fingerprint density at radius 3 is 2.00 bits per heavy atom. The van der Waals surface area contributed by atoms with Crippen molar-refractivity contribution in [3.05, 3.63) is 0 Å². The zero-order chi connectivity index (χ0) is 9.61. The maximum atomic E-state index is 6.07. The summed E-state index contributed by atoms with van der Waals surface area (Å²) in [6, 6.07) is 0.183. The Hall–Kier alpha value is -0.0800. The predicted octanol–water partition coefficient (Wildman–Crippen LogP) is 2.32. The van der Waals surface area contributed by atoms with Crippen molar-refractivity contribution < 1.29 is 4.74 Å². The van der Waals surface area contributed by atoms with Gasteiger partial charge in [0.15, 0.2) is 0 Å². The summed E-state index contributed by atoms with van der Waals surface area (Å²) in [5.74, 6) is 0. The first-order valence-electron chi connectivity index (χ1n) is 4.97. The van der Waals surface area contributed by atoms with E-state index in [0.29, 0.717) is 0 Å². The molecule has 0 fully saturated rings. The minimum Gasteiger partial charge on any atom is -0.377 e. The van der Waals surface area contributed by atoms with E-state index in [0.717, 1.165) is 25.7 Å². The van der Waals surface area contributed by atoms with Crippen LogP contribution in [0.15, 0.2) is 0 Å². The molecule has 74 valence electrons. The maximum Gasteiger partial charge on any atom is 0.0823 e. The quantitative estimate of drug-likeness (QED) is 0.669. The zero-order valence-corrected chi connectivity index (χ0v) is 8.89. The highest BCUT2D eigenvalue weighted by atomic mass is 16.5. The molecular formula is C10H23NO. The lowest BCUT2D eigenvalue weighted by molar-refractivity contribution is -0.0395. The fourth-order valence-electron chi connectivity index (χ4n) is 1.79. The van der Waals surface area contributed by atoms with E-state index in [9.17, 15) is 0 Å². The third kappa shape index (κ3) is 2.46. The van der Waals surface area contributed by atoms with Crippen LogP contribution in [0.3, 0.4) is 0 Å². The highest BCUT2D eigenvalue weighted by Gasteiger charge is 2.32. The molecule has 0 aliphatic carbocycles. The Morgan fingerprint density at radius 2 is 1.75 bits per heavy atom. The number of hydrogen-bond donors (Lipinski definition) is 1. The van der Waals surface area contributed by atoms with Crippen LogP contribution in [0.25, 0.3) is 0 Å². The molecule has 0 radical (unpaired) electrons. The summed E-state index contributed by atoms with van der Waals surface area (Å²) in [5.41, 5.74) is 5.98. The minimum absolute atomic E-state index is 0.0873. The molecule has 2 nitrogen and oxygen atoms in total. The van der Waals surface area contributed by atoms with E-state index in [1.807, 2.05) is 0 Å². The van der Waals surface area contributed by atoms with E-state index >= 15 is 0 Å². The van der Waals surface area contributed by atoms with Gasteiger partial charge in [-0.3, -0.25) is 0 Å². The maximum absolute atomic E-state index is 6.07. The Bertz CT molecular complexity index is 102. The lowest BCUT2D eigenvalue weighted by Crippen LogP contribution is -2.48. The van der Waals surface area contributed by atoms with Gasteiger partial charge in [0.05, 0.1) is 5.60 Å². The van der Waals surface area contributed by atoms with E-state index in [2.05, 4.69) is 20.8 Å². The molecule has 12 heavy (non-hydrogen) atoms.